The van der Waals surface area contributed by atoms with Crippen LogP contribution >= 0.6 is 0 Å². The highest BCUT2D eigenvalue weighted by atomic mass is 15.1. The monoisotopic (exact) mass is 408 g/mol. The molecule has 0 saturated heterocycles. The van der Waals surface area contributed by atoms with Gasteiger partial charge in [-0.05, 0) is 39.8 Å². The molecule has 0 unspecified atom stereocenters. The van der Waals surface area contributed by atoms with Gasteiger partial charge >= 0.3 is 0 Å². The minimum atomic E-state index is -0.273. The van der Waals surface area contributed by atoms with Crippen molar-refractivity contribution in [3.05, 3.63) is 106 Å². The summed E-state index contributed by atoms with van der Waals surface area (Å²) in [5.74, 6) is 6.02. The third-order valence-corrected chi connectivity index (χ3v) is 7.62. The van der Waals surface area contributed by atoms with Crippen LogP contribution in [0.1, 0.15) is 80.3 Å². The predicted molar refractivity (Wildman–Crippen MR) is 130 cm³/mol. The number of nitrogens with zero attached hydrogens (tertiary/aromatic N) is 1. The highest BCUT2D eigenvalue weighted by Crippen LogP contribution is 2.64. The molecule has 0 atom stereocenters. The van der Waals surface area contributed by atoms with Gasteiger partial charge in [0.15, 0.2) is 0 Å². The molecule has 0 amide bonds. The van der Waals surface area contributed by atoms with Gasteiger partial charge in [0.1, 0.15) is 0 Å². The van der Waals surface area contributed by atoms with Crippen molar-refractivity contribution in [1.29, 1.82) is 0 Å². The first kappa shape index (κ1) is 20.1. The van der Waals surface area contributed by atoms with E-state index in [-0.39, 0.29) is 16.2 Å². The summed E-state index contributed by atoms with van der Waals surface area (Å²) in [7, 11) is 0. The predicted octanol–water partition coefficient (Wildman–Crippen LogP) is 6.53. The highest BCUT2D eigenvalue weighted by molar-refractivity contribution is 5.93. The van der Waals surface area contributed by atoms with Crippen LogP contribution < -0.4 is 5.84 Å². The lowest BCUT2D eigenvalue weighted by atomic mass is 9.45. The van der Waals surface area contributed by atoms with Crippen molar-refractivity contribution in [1.82, 2.24) is 0 Å². The van der Waals surface area contributed by atoms with Crippen LogP contribution in [0, 0.1) is 5.41 Å². The minimum absolute atomic E-state index is 0.0952. The first-order valence-corrected chi connectivity index (χ1v) is 11.5. The SMILES string of the molecule is CCCC12c3ccccc3C(C/C(=N/N)C(C)(C)C)(c3ccccc31)c1ccccc12. The standard InChI is InChI=1S/C29H32N2/c1-5-18-28-20-12-6-9-15-23(20)29(19-26(31-30)27(2,3)4,24-16-10-7-13-21(24)28)25-17-11-8-14-22(25)28/h6-17H,5,18-19,30H2,1-4H3/b31-26-. The van der Waals surface area contributed by atoms with Gasteiger partial charge in [0.2, 0.25) is 0 Å². The maximum absolute atomic E-state index is 6.02. The molecule has 3 aromatic rings. The van der Waals surface area contributed by atoms with Crippen LogP contribution in [0.2, 0.25) is 0 Å². The van der Waals surface area contributed by atoms with Gasteiger partial charge in [-0.25, -0.2) is 0 Å². The van der Waals surface area contributed by atoms with Crippen molar-refractivity contribution in [3.8, 4) is 0 Å². The van der Waals surface area contributed by atoms with Gasteiger partial charge in [0.25, 0.3) is 0 Å². The van der Waals surface area contributed by atoms with E-state index in [0.717, 1.165) is 25.0 Å². The second-order valence-corrected chi connectivity index (χ2v) is 10.2. The molecule has 2 heteroatoms. The summed E-state index contributed by atoms with van der Waals surface area (Å²) >= 11 is 0. The molecule has 0 fully saturated rings. The van der Waals surface area contributed by atoms with Crippen LogP contribution in [0.25, 0.3) is 0 Å². The van der Waals surface area contributed by atoms with Crippen LogP contribution in [0.3, 0.4) is 0 Å². The van der Waals surface area contributed by atoms with Gasteiger partial charge in [0, 0.05) is 23.0 Å². The highest BCUT2D eigenvalue weighted by Gasteiger charge is 2.58. The minimum Gasteiger partial charge on any atom is -0.323 e. The molecule has 6 rings (SSSR count). The number of hydrogen-bond donors (Lipinski definition) is 1. The molecule has 2 bridgehead atoms. The van der Waals surface area contributed by atoms with Crippen molar-refractivity contribution in [3.63, 3.8) is 0 Å². The summed E-state index contributed by atoms with van der Waals surface area (Å²) in [5, 5.41) is 4.35. The summed E-state index contributed by atoms with van der Waals surface area (Å²) < 4.78 is 0. The Labute approximate surface area is 186 Å². The normalized spacial score (nSPS) is 23.8. The third kappa shape index (κ3) is 2.48. The molecular formula is C29H32N2. The molecule has 0 aromatic heterocycles. The number of hydrazone groups is 1. The summed E-state index contributed by atoms with van der Waals surface area (Å²) in [4.78, 5) is 0. The molecule has 0 spiro atoms. The number of hydrogen-bond acceptors (Lipinski definition) is 2. The molecule has 3 aromatic carbocycles. The smallest absolute Gasteiger partial charge is 0.0513 e. The summed E-state index contributed by atoms with van der Waals surface area (Å²) in [6, 6.07) is 27.3. The van der Waals surface area contributed by atoms with E-state index in [4.69, 9.17) is 5.84 Å². The van der Waals surface area contributed by atoms with E-state index in [9.17, 15) is 0 Å². The molecule has 2 N–H and O–H groups in total. The molecule has 3 aliphatic carbocycles. The molecule has 31 heavy (non-hydrogen) atoms. The average Bonchev–Trinajstić information content (AvgIpc) is 2.78. The molecule has 0 aliphatic heterocycles. The largest absolute Gasteiger partial charge is 0.323 e. The van der Waals surface area contributed by atoms with Gasteiger partial charge < -0.3 is 5.84 Å². The van der Waals surface area contributed by atoms with E-state index >= 15 is 0 Å². The molecular weight excluding hydrogens is 376 g/mol. The number of nitrogens with two attached hydrogens (primary N) is 1. The first-order chi connectivity index (χ1) is 14.9. The topological polar surface area (TPSA) is 38.4 Å². The Balaban J connectivity index is 1.94. The molecule has 0 saturated carbocycles. The lowest BCUT2D eigenvalue weighted by Crippen LogP contribution is -2.52. The first-order valence-electron chi connectivity index (χ1n) is 11.5. The summed E-state index contributed by atoms with van der Waals surface area (Å²) in [6.07, 6.45) is 3.02. The van der Waals surface area contributed by atoms with Crippen LogP contribution in [-0.4, -0.2) is 5.71 Å². The lowest BCUT2D eigenvalue weighted by Gasteiger charge is -2.57. The lowest BCUT2D eigenvalue weighted by molar-refractivity contribution is 0.432. The van der Waals surface area contributed by atoms with E-state index in [1.165, 1.54) is 33.4 Å². The van der Waals surface area contributed by atoms with Crippen LogP contribution in [0.5, 0.6) is 0 Å². The zero-order chi connectivity index (χ0) is 21.9. The second-order valence-electron chi connectivity index (χ2n) is 10.2. The van der Waals surface area contributed by atoms with Gasteiger partial charge in [-0.15, -0.1) is 0 Å². The molecule has 0 heterocycles. The second kappa shape index (κ2) is 6.82. The van der Waals surface area contributed by atoms with Crippen LogP contribution in [0.4, 0.5) is 0 Å². The van der Waals surface area contributed by atoms with Gasteiger partial charge in [0.05, 0.1) is 5.41 Å². The van der Waals surface area contributed by atoms with Gasteiger partial charge in [-0.1, -0.05) is 107 Å². The Bertz CT molecular complexity index is 1060. The van der Waals surface area contributed by atoms with E-state index in [1.54, 1.807) is 0 Å². The van der Waals surface area contributed by atoms with E-state index in [2.05, 4.69) is 106 Å². The van der Waals surface area contributed by atoms with Crippen LogP contribution in [-0.2, 0) is 10.8 Å². The maximum atomic E-state index is 6.02. The average molecular weight is 409 g/mol. The third-order valence-electron chi connectivity index (χ3n) is 7.62. The number of benzene rings is 3. The Hall–Kier alpha value is -2.87. The Morgan fingerprint density at radius 2 is 1.06 bits per heavy atom. The maximum Gasteiger partial charge on any atom is 0.0513 e. The fourth-order valence-corrected chi connectivity index (χ4v) is 6.37. The van der Waals surface area contributed by atoms with Crippen LogP contribution in [0.15, 0.2) is 77.9 Å². The fourth-order valence-electron chi connectivity index (χ4n) is 6.37. The van der Waals surface area contributed by atoms with Crippen molar-refractivity contribution in [2.24, 2.45) is 16.4 Å². The zero-order valence-corrected chi connectivity index (χ0v) is 19.1. The van der Waals surface area contributed by atoms with E-state index in [0.29, 0.717) is 0 Å². The van der Waals surface area contributed by atoms with E-state index < -0.39 is 0 Å². The van der Waals surface area contributed by atoms with Crippen molar-refractivity contribution < 1.29 is 0 Å². The Morgan fingerprint density at radius 3 is 1.35 bits per heavy atom. The molecule has 3 aliphatic rings. The van der Waals surface area contributed by atoms with Gasteiger partial charge in [-0.3, -0.25) is 0 Å². The van der Waals surface area contributed by atoms with Crippen molar-refractivity contribution >= 4 is 5.71 Å². The summed E-state index contributed by atoms with van der Waals surface area (Å²) in [6.45, 7) is 8.95. The zero-order valence-electron chi connectivity index (χ0n) is 19.1. The van der Waals surface area contributed by atoms with Crippen molar-refractivity contribution in [2.75, 3.05) is 0 Å². The number of rotatable bonds is 4. The summed E-state index contributed by atoms with van der Waals surface area (Å²) in [5.41, 5.74) is 9.23. The quantitative estimate of drug-likeness (QED) is 0.297. The fraction of sp³-hybridized carbons (Fsp3) is 0.345. The molecule has 2 nitrogen and oxygen atoms in total. The van der Waals surface area contributed by atoms with E-state index in [1.807, 2.05) is 0 Å². The molecule has 0 radical (unpaired) electrons. The van der Waals surface area contributed by atoms with Crippen molar-refractivity contribution in [2.45, 2.75) is 57.8 Å². The Kier molecular flexibility index (Phi) is 4.41. The Morgan fingerprint density at radius 1 is 0.710 bits per heavy atom. The van der Waals surface area contributed by atoms with Gasteiger partial charge in [-0.2, -0.15) is 5.10 Å². The molecule has 158 valence electrons.